The number of hydrogen-bond acceptors (Lipinski definition) is 3. The minimum absolute atomic E-state index is 0.231. The van der Waals surface area contributed by atoms with E-state index in [2.05, 4.69) is 33.2 Å². The van der Waals surface area contributed by atoms with Crippen LogP contribution < -0.4 is 10.6 Å². The zero-order valence-corrected chi connectivity index (χ0v) is 15.7. The molecule has 3 rings (SSSR count). The van der Waals surface area contributed by atoms with Crippen LogP contribution in [0.1, 0.15) is 20.9 Å². The number of furan rings is 1. The van der Waals surface area contributed by atoms with Gasteiger partial charge in [-0.2, -0.15) is 0 Å². The van der Waals surface area contributed by atoms with E-state index in [1.807, 2.05) is 0 Å². The maximum absolute atomic E-state index is 12.3. The highest BCUT2D eigenvalue weighted by Gasteiger charge is 2.10. The molecule has 7 heteroatoms. The predicted molar refractivity (Wildman–Crippen MR) is 105 cm³/mol. The van der Waals surface area contributed by atoms with Gasteiger partial charge in [-0.25, -0.2) is 0 Å². The summed E-state index contributed by atoms with van der Waals surface area (Å²) in [5.41, 5.74) is 1.73. The molecule has 2 amide bonds. The Balaban J connectivity index is 1.65. The summed E-state index contributed by atoms with van der Waals surface area (Å²) in [6.07, 6.45) is 1.44. The van der Waals surface area contributed by atoms with Crippen LogP contribution in [0.3, 0.4) is 0 Å². The van der Waals surface area contributed by atoms with Crippen molar-refractivity contribution >= 4 is 57.4 Å². The molecule has 0 unspecified atom stereocenters. The number of hydrogen-bond donors (Lipinski definition) is 2. The molecule has 0 aliphatic rings. The molecule has 0 radical (unpaired) electrons. The number of halogens is 2. The van der Waals surface area contributed by atoms with E-state index >= 15 is 0 Å². The second-order valence-corrected chi connectivity index (χ2v) is 6.66. The molecule has 2 N–H and O–H groups in total. The van der Waals surface area contributed by atoms with E-state index < -0.39 is 0 Å². The molecular formula is C18H12ClIN2O3. The van der Waals surface area contributed by atoms with Gasteiger partial charge < -0.3 is 15.1 Å². The fourth-order valence-corrected chi connectivity index (χ4v) is 2.71. The lowest BCUT2D eigenvalue weighted by Gasteiger charge is -2.08. The molecule has 0 atom stereocenters. The van der Waals surface area contributed by atoms with Gasteiger partial charge >= 0.3 is 0 Å². The lowest BCUT2D eigenvalue weighted by Crippen LogP contribution is -2.13. The van der Waals surface area contributed by atoms with Crippen molar-refractivity contribution in [2.75, 3.05) is 10.6 Å². The number of amides is 2. The Labute approximate surface area is 162 Å². The number of rotatable bonds is 4. The van der Waals surface area contributed by atoms with Gasteiger partial charge in [0.05, 0.1) is 11.3 Å². The quantitative estimate of drug-likeness (QED) is 0.529. The summed E-state index contributed by atoms with van der Waals surface area (Å²) < 4.78 is 5.84. The number of nitrogens with one attached hydrogen (secondary N) is 2. The van der Waals surface area contributed by atoms with Crippen LogP contribution in [0.4, 0.5) is 11.4 Å². The molecule has 126 valence electrons. The first-order chi connectivity index (χ1) is 12.0. The highest BCUT2D eigenvalue weighted by molar-refractivity contribution is 14.1. The van der Waals surface area contributed by atoms with E-state index in [9.17, 15) is 9.59 Å². The van der Waals surface area contributed by atoms with Crippen molar-refractivity contribution < 1.29 is 14.0 Å². The van der Waals surface area contributed by atoms with Gasteiger partial charge in [0.1, 0.15) is 0 Å². The molecule has 0 aliphatic carbocycles. The van der Waals surface area contributed by atoms with Crippen molar-refractivity contribution in [2.45, 2.75) is 0 Å². The van der Waals surface area contributed by atoms with Crippen LogP contribution in [0.2, 0.25) is 5.02 Å². The van der Waals surface area contributed by atoms with Crippen LogP contribution in [0.15, 0.2) is 65.3 Å². The van der Waals surface area contributed by atoms with Gasteiger partial charge in [-0.05, 0) is 77.2 Å². The van der Waals surface area contributed by atoms with Crippen molar-refractivity contribution in [3.05, 3.63) is 80.8 Å². The maximum atomic E-state index is 12.3. The first-order valence-electron chi connectivity index (χ1n) is 7.24. The third kappa shape index (κ3) is 4.40. The Kier molecular flexibility index (Phi) is 5.40. The second-order valence-electron chi connectivity index (χ2n) is 5.09. The Hall–Kier alpha value is -2.32. The third-order valence-corrected chi connectivity index (χ3v) is 4.87. The molecule has 1 heterocycles. The summed E-state index contributed by atoms with van der Waals surface area (Å²) in [4.78, 5) is 24.2. The smallest absolute Gasteiger partial charge is 0.291 e. The molecule has 0 saturated carbocycles. The molecule has 3 aromatic rings. The van der Waals surface area contributed by atoms with E-state index in [0.717, 1.165) is 3.57 Å². The van der Waals surface area contributed by atoms with Crippen molar-refractivity contribution in [1.82, 2.24) is 0 Å². The first-order valence-corrected chi connectivity index (χ1v) is 8.70. The van der Waals surface area contributed by atoms with Crippen LogP contribution >= 0.6 is 34.2 Å². The maximum Gasteiger partial charge on any atom is 0.291 e. The van der Waals surface area contributed by atoms with Gasteiger partial charge in [-0.1, -0.05) is 11.6 Å². The van der Waals surface area contributed by atoms with E-state index in [1.165, 1.54) is 6.26 Å². The monoisotopic (exact) mass is 466 g/mol. The molecular weight excluding hydrogens is 455 g/mol. The highest BCUT2D eigenvalue weighted by Crippen LogP contribution is 2.21. The minimum Gasteiger partial charge on any atom is -0.459 e. The van der Waals surface area contributed by atoms with Gasteiger partial charge in [0.25, 0.3) is 11.8 Å². The Bertz CT molecular complexity index is 909. The van der Waals surface area contributed by atoms with Gasteiger partial charge in [-0.15, -0.1) is 0 Å². The number of benzene rings is 2. The summed E-state index contributed by atoms with van der Waals surface area (Å²) in [7, 11) is 0. The standard InChI is InChI=1S/C18H12ClIN2O3/c19-14-8-3-11(10-15(14)20)17(23)21-12-4-6-13(7-5-12)22-18(24)16-2-1-9-25-16/h1-10H,(H,21,23)(H,22,24). The average Bonchev–Trinajstić information content (AvgIpc) is 3.14. The van der Waals surface area contributed by atoms with Crippen molar-refractivity contribution in [3.63, 3.8) is 0 Å². The van der Waals surface area contributed by atoms with Crippen molar-refractivity contribution in [3.8, 4) is 0 Å². The third-order valence-electron chi connectivity index (χ3n) is 3.33. The summed E-state index contributed by atoms with van der Waals surface area (Å²) in [6, 6.07) is 15.1. The highest BCUT2D eigenvalue weighted by atomic mass is 127. The fourth-order valence-electron chi connectivity index (χ4n) is 2.08. The molecule has 0 spiro atoms. The number of carbonyl (C=O) groups is 2. The molecule has 0 fully saturated rings. The lowest BCUT2D eigenvalue weighted by molar-refractivity contribution is 0.0994. The van der Waals surface area contributed by atoms with Crippen LogP contribution in [0.5, 0.6) is 0 Å². The van der Waals surface area contributed by atoms with Gasteiger partial charge in [0.15, 0.2) is 5.76 Å². The summed E-state index contributed by atoms with van der Waals surface area (Å²) in [6.45, 7) is 0. The fraction of sp³-hybridized carbons (Fsp3) is 0. The molecule has 0 aliphatic heterocycles. The zero-order valence-electron chi connectivity index (χ0n) is 12.8. The van der Waals surface area contributed by atoms with Crippen molar-refractivity contribution in [2.24, 2.45) is 0 Å². The Morgan fingerprint density at radius 3 is 2.12 bits per heavy atom. The average molecular weight is 467 g/mol. The first kappa shape index (κ1) is 17.5. The summed E-state index contributed by atoms with van der Waals surface area (Å²) >= 11 is 8.04. The SMILES string of the molecule is O=C(Nc1ccc(NC(=O)c2ccco2)cc1)c1ccc(Cl)c(I)c1. The predicted octanol–water partition coefficient (Wildman–Crippen LogP) is 5.04. The normalized spacial score (nSPS) is 10.3. The Morgan fingerprint density at radius 2 is 1.56 bits per heavy atom. The summed E-state index contributed by atoms with van der Waals surface area (Å²) in [5.74, 6) is -0.339. The molecule has 0 saturated heterocycles. The van der Waals surface area contributed by atoms with Crippen LogP contribution in [-0.4, -0.2) is 11.8 Å². The zero-order chi connectivity index (χ0) is 17.8. The number of anilines is 2. The molecule has 1 aromatic heterocycles. The molecule has 2 aromatic carbocycles. The molecule has 25 heavy (non-hydrogen) atoms. The van der Waals surface area contributed by atoms with Gasteiger partial charge in [-0.3, -0.25) is 9.59 Å². The second kappa shape index (κ2) is 7.71. The van der Waals surface area contributed by atoms with Crippen LogP contribution in [0, 0.1) is 3.57 Å². The topological polar surface area (TPSA) is 71.3 Å². The van der Waals surface area contributed by atoms with Gasteiger partial charge in [0, 0.05) is 20.5 Å². The molecule has 5 nitrogen and oxygen atoms in total. The molecule has 0 bridgehead atoms. The number of carbonyl (C=O) groups excluding carboxylic acids is 2. The van der Waals surface area contributed by atoms with E-state index in [4.69, 9.17) is 16.0 Å². The van der Waals surface area contributed by atoms with Crippen molar-refractivity contribution in [1.29, 1.82) is 0 Å². The lowest BCUT2D eigenvalue weighted by atomic mass is 10.2. The van der Waals surface area contributed by atoms with Crippen LogP contribution in [0.25, 0.3) is 0 Å². The largest absolute Gasteiger partial charge is 0.459 e. The summed E-state index contributed by atoms with van der Waals surface area (Å²) in [5, 5.41) is 6.11. The van der Waals surface area contributed by atoms with Crippen LogP contribution in [-0.2, 0) is 0 Å². The van der Waals surface area contributed by atoms with Gasteiger partial charge in [0.2, 0.25) is 0 Å². The van der Waals surface area contributed by atoms with E-state index in [-0.39, 0.29) is 17.6 Å². The van der Waals surface area contributed by atoms with E-state index in [1.54, 1.807) is 54.6 Å². The minimum atomic E-state index is -0.336. The Morgan fingerprint density at radius 1 is 0.920 bits per heavy atom. The van der Waals surface area contributed by atoms with E-state index in [0.29, 0.717) is 22.0 Å².